The van der Waals surface area contributed by atoms with Gasteiger partial charge in [0.15, 0.2) is 11.6 Å². The maximum absolute atomic E-state index is 13.6. The molecule has 4 aromatic rings. The Morgan fingerprint density at radius 2 is 1.20 bits per heavy atom. The second-order valence-corrected chi connectivity index (χ2v) is 10.2. The van der Waals surface area contributed by atoms with Crippen molar-refractivity contribution in [1.82, 2.24) is 15.0 Å². The van der Waals surface area contributed by atoms with Crippen molar-refractivity contribution in [1.29, 1.82) is 0 Å². The van der Waals surface area contributed by atoms with E-state index in [0.717, 1.165) is 36.9 Å². The Labute approximate surface area is 242 Å². The zero-order valence-electron chi connectivity index (χ0n) is 21.9. The van der Waals surface area contributed by atoms with E-state index in [9.17, 15) is 9.59 Å². The zero-order chi connectivity index (χ0) is 28.1. The van der Waals surface area contributed by atoms with E-state index in [1.54, 1.807) is 24.3 Å². The van der Waals surface area contributed by atoms with E-state index >= 15 is 0 Å². The molecule has 3 aromatic carbocycles. The summed E-state index contributed by atoms with van der Waals surface area (Å²) < 4.78 is 0. The van der Waals surface area contributed by atoms with Crippen LogP contribution >= 0.6 is 23.2 Å². The standard InChI is InChI=1S/C30H28Cl2N6O2/c1-18-10-12-19(13-11-18)35-23-15-14-22(24-25(23)27(40)21-9-5-4-8-20(21)26(24)39)33-16-6-2-3-7-17-34-30-37-28(31)36-29(32)38-30/h4-5,8-15,33,35H,2-3,6-7,16-17H2,1H3,(H,34,36,37,38). The predicted molar refractivity (Wildman–Crippen MR) is 160 cm³/mol. The van der Waals surface area contributed by atoms with Gasteiger partial charge in [0.25, 0.3) is 0 Å². The summed E-state index contributed by atoms with van der Waals surface area (Å²) in [7, 11) is 0. The molecule has 0 atom stereocenters. The van der Waals surface area contributed by atoms with Crippen LogP contribution in [0, 0.1) is 6.92 Å². The Morgan fingerprint density at radius 3 is 1.82 bits per heavy atom. The highest BCUT2D eigenvalue weighted by atomic mass is 35.5. The van der Waals surface area contributed by atoms with Gasteiger partial charge in [-0.25, -0.2) is 0 Å². The fourth-order valence-corrected chi connectivity index (χ4v) is 5.06. The van der Waals surface area contributed by atoms with Crippen LogP contribution in [0.15, 0.2) is 60.7 Å². The summed E-state index contributed by atoms with van der Waals surface area (Å²) in [6.07, 6.45) is 3.79. The number of hydrogen-bond acceptors (Lipinski definition) is 8. The molecule has 1 aromatic heterocycles. The fourth-order valence-electron chi connectivity index (χ4n) is 4.70. The van der Waals surface area contributed by atoms with Gasteiger partial charge in [0.05, 0.1) is 16.8 Å². The monoisotopic (exact) mass is 574 g/mol. The van der Waals surface area contributed by atoms with Gasteiger partial charge in [-0.2, -0.15) is 15.0 Å². The van der Waals surface area contributed by atoms with Crippen LogP contribution in [-0.2, 0) is 0 Å². The van der Waals surface area contributed by atoms with Crippen LogP contribution in [0.2, 0.25) is 10.6 Å². The van der Waals surface area contributed by atoms with Crippen LogP contribution in [0.4, 0.5) is 23.0 Å². The molecular formula is C30H28Cl2N6O2. The molecule has 3 N–H and O–H groups in total. The molecule has 10 heteroatoms. The molecule has 8 nitrogen and oxygen atoms in total. The predicted octanol–water partition coefficient (Wildman–Crippen LogP) is 7.09. The molecule has 0 aliphatic heterocycles. The summed E-state index contributed by atoms with van der Waals surface area (Å²) >= 11 is 11.6. The number of carbonyl (C=O) groups excluding carboxylic acids is 2. The average molecular weight is 576 g/mol. The lowest BCUT2D eigenvalue weighted by molar-refractivity contribution is 0.0980. The van der Waals surface area contributed by atoms with E-state index in [1.165, 1.54) is 0 Å². The van der Waals surface area contributed by atoms with E-state index in [1.807, 2.05) is 43.3 Å². The van der Waals surface area contributed by atoms with Gasteiger partial charge in [0.1, 0.15) is 0 Å². The van der Waals surface area contributed by atoms with Gasteiger partial charge in [-0.1, -0.05) is 54.8 Å². The van der Waals surface area contributed by atoms with Crippen LogP contribution in [0.3, 0.4) is 0 Å². The van der Waals surface area contributed by atoms with E-state index in [-0.39, 0.29) is 22.1 Å². The summed E-state index contributed by atoms with van der Waals surface area (Å²) in [5.74, 6) is 0.0547. The summed E-state index contributed by atoms with van der Waals surface area (Å²) in [5.41, 5.74) is 4.96. The molecule has 40 heavy (non-hydrogen) atoms. The minimum Gasteiger partial charge on any atom is -0.384 e. The number of hydrogen-bond donors (Lipinski definition) is 3. The number of nitrogens with one attached hydrogen (secondary N) is 3. The molecule has 1 aliphatic rings. The normalized spacial score (nSPS) is 12.1. The van der Waals surface area contributed by atoms with Crippen LogP contribution in [0.25, 0.3) is 0 Å². The fraction of sp³-hybridized carbons (Fsp3) is 0.233. The maximum Gasteiger partial charge on any atom is 0.228 e. The molecule has 0 saturated heterocycles. The number of benzene rings is 3. The summed E-state index contributed by atoms with van der Waals surface area (Å²) in [6.45, 7) is 3.38. The number of unbranched alkanes of at least 4 members (excludes halogenated alkanes) is 3. The Morgan fingerprint density at radius 1 is 0.650 bits per heavy atom. The van der Waals surface area contributed by atoms with Gasteiger partial charge in [-0.3, -0.25) is 9.59 Å². The van der Waals surface area contributed by atoms with Crippen LogP contribution in [0.1, 0.15) is 63.1 Å². The van der Waals surface area contributed by atoms with E-state index in [0.29, 0.717) is 52.7 Å². The van der Waals surface area contributed by atoms with Gasteiger partial charge in [-0.15, -0.1) is 0 Å². The maximum atomic E-state index is 13.6. The Balaban J connectivity index is 1.23. The summed E-state index contributed by atoms with van der Waals surface area (Å²) in [4.78, 5) is 39.0. The largest absolute Gasteiger partial charge is 0.384 e. The van der Waals surface area contributed by atoms with E-state index in [4.69, 9.17) is 23.2 Å². The smallest absolute Gasteiger partial charge is 0.228 e. The first-order valence-electron chi connectivity index (χ1n) is 13.1. The SMILES string of the molecule is Cc1ccc(Nc2ccc(NCCCCCCNc3nc(Cl)nc(Cl)n3)c3c2C(=O)c2ccccc2C3=O)cc1. The van der Waals surface area contributed by atoms with Crippen molar-refractivity contribution in [2.24, 2.45) is 0 Å². The van der Waals surface area contributed by atoms with Crippen molar-refractivity contribution in [3.8, 4) is 0 Å². The number of nitrogens with zero attached hydrogens (tertiary/aromatic N) is 3. The lowest BCUT2D eigenvalue weighted by Crippen LogP contribution is -2.24. The third kappa shape index (κ3) is 6.24. The third-order valence-corrected chi connectivity index (χ3v) is 7.03. The van der Waals surface area contributed by atoms with Crippen LogP contribution in [0.5, 0.6) is 0 Å². The number of rotatable bonds is 11. The minimum absolute atomic E-state index is 0.0541. The van der Waals surface area contributed by atoms with Crippen molar-refractivity contribution < 1.29 is 9.59 Å². The van der Waals surface area contributed by atoms with Gasteiger partial charge in [-0.05, 0) is 67.2 Å². The van der Waals surface area contributed by atoms with E-state index in [2.05, 4.69) is 30.9 Å². The molecule has 0 saturated carbocycles. The molecule has 0 fully saturated rings. The molecular weight excluding hydrogens is 547 g/mol. The van der Waals surface area contributed by atoms with E-state index < -0.39 is 0 Å². The highest BCUT2D eigenvalue weighted by molar-refractivity contribution is 6.32. The molecule has 0 bridgehead atoms. The number of halogens is 2. The number of aromatic nitrogens is 3. The number of fused-ring (bicyclic) bond motifs is 2. The first kappa shape index (κ1) is 27.6. The molecule has 5 rings (SSSR count). The van der Waals surface area contributed by atoms with Crippen LogP contribution in [-0.4, -0.2) is 39.6 Å². The lowest BCUT2D eigenvalue weighted by atomic mass is 9.82. The number of aryl methyl sites for hydroxylation is 1. The molecule has 0 amide bonds. The Kier molecular flexibility index (Phi) is 8.57. The van der Waals surface area contributed by atoms with Crippen molar-refractivity contribution >= 4 is 57.8 Å². The van der Waals surface area contributed by atoms with Crippen molar-refractivity contribution in [2.45, 2.75) is 32.6 Å². The molecule has 0 unspecified atom stereocenters. The second-order valence-electron chi connectivity index (χ2n) is 9.57. The van der Waals surface area contributed by atoms with Crippen molar-refractivity contribution in [2.75, 3.05) is 29.0 Å². The Hall–Kier alpha value is -4.01. The van der Waals surface area contributed by atoms with Gasteiger partial charge < -0.3 is 16.0 Å². The number of ketones is 2. The lowest BCUT2D eigenvalue weighted by Gasteiger charge is -2.24. The molecule has 1 aliphatic carbocycles. The van der Waals surface area contributed by atoms with Crippen molar-refractivity contribution in [3.05, 3.63) is 99.0 Å². The zero-order valence-corrected chi connectivity index (χ0v) is 23.4. The minimum atomic E-state index is -0.156. The molecule has 204 valence electrons. The average Bonchev–Trinajstić information content (AvgIpc) is 2.94. The van der Waals surface area contributed by atoms with Crippen molar-refractivity contribution in [3.63, 3.8) is 0 Å². The number of anilines is 4. The second kappa shape index (κ2) is 12.4. The molecule has 0 spiro atoms. The van der Waals surface area contributed by atoms with Gasteiger partial charge in [0.2, 0.25) is 16.5 Å². The Bertz CT molecular complexity index is 1540. The molecule has 0 radical (unpaired) electrons. The number of carbonyl (C=O) groups is 2. The van der Waals surface area contributed by atoms with Gasteiger partial charge >= 0.3 is 0 Å². The van der Waals surface area contributed by atoms with Gasteiger partial charge in [0, 0.05) is 35.6 Å². The molecule has 1 heterocycles. The topological polar surface area (TPSA) is 109 Å². The third-order valence-electron chi connectivity index (χ3n) is 6.69. The summed E-state index contributed by atoms with van der Waals surface area (Å²) in [5, 5.41) is 9.96. The first-order chi connectivity index (χ1) is 19.4. The summed E-state index contributed by atoms with van der Waals surface area (Å²) in [6, 6.07) is 18.7. The highest BCUT2D eigenvalue weighted by Crippen LogP contribution is 2.37. The highest BCUT2D eigenvalue weighted by Gasteiger charge is 2.33. The van der Waals surface area contributed by atoms with Crippen LogP contribution < -0.4 is 16.0 Å². The first-order valence-corrected chi connectivity index (χ1v) is 13.9. The quantitative estimate of drug-likeness (QED) is 0.143.